The number of esters is 2. The SMILES string of the molecule is CC.CCOC(=O)C1=CN(C(=O)c2ccc(F)cc2)C(C(=O)OCC)CC2=C1CNc1cc(Br)ccc12. The summed E-state index contributed by atoms with van der Waals surface area (Å²) >= 11 is 3.47. The van der Waals surface area contributed by atoms with Crippen molar-refractivity contribution in [3.63, 3.8) is 0 Å². The summed E-state index contributed by atoms with van der Waals surface area (Å²) < 4.78 is 25.0. The van der Waals surface area contributed by atoms with Crippen LogP contribution in [0.15, 0.2) is 64.3 Å². The Kier molecular flexibility index (Phi) is 9.63. The van der Waals surface area contributed by atoms with Crippen LogP contribution in [0.4, 0.5) is 10.1 Å². The largest absolute Gasteiger partial charge is 0.464 e. The van der Waals surface area contributed by atoms with Crippen LogP contribution in [0.1, 0.15) is 50.0 Å². The minimum Gasteiger partial charge on any atom is -0.464 e. The van der Waals surface area contributed by atoms with E-state index in [4.69, 9.17) is 9.47 Å². The summed E-state index contributed by atoms with van der Waals surface area (Å²) in [4.78, 5) is 41.0. The van der Waals surface area contributed by atoms with Gasteiger partial charge in [0.1, 0.15) is 11.9 Å². The minimum atomic E-state index is -1.04. The van der Waals surface area contributed by atoms with E-state index in [1.807, 2.05) is 32.0 Å². The number of rotatable bonds is 5. The highest BCUT2D eigenvalue weighted by Crippen LogP contribution is 2.41. The van der Waals surface area contributed by atoms with E-state index in [2.05, 4.69) is 21.2 Å². The molecular formula is C28H30BrFN2O5. The molecule has 37 heavy (non-hydrogen) atoms. The highest BCUT2D eigenvalue weighted by Gasteiger charge is 2.38. The van der Waals surface area contributed by atoms with Gasteiger partial charge in [-0.1, -0.05) is 35.8 Å². The second kappa shape index (κ2) is 12.7. The third-order valence-electron chi connectivity index (χ3n) is 5.83. The van der Waals surface area contributed by atoms with Gasteiger partial charge in [0, 0.05) is 40.5 Å². The molecular weight excluding hydrogens is 543 g/mol. The summed E-state index contributed by atoms with van der Waals surface area (Å²) in [7, 11) is 0. The number of nitrogens with one attached hydrogen (secondary N) is 1. The Hall–Kier alpha value is -3.46. The van der Waals surface area contributed by atoms with Crippen LogP contribution in [0.2, 0.25) is 0 Å². The first kappa shape index (κ1) is 28.1. The quantitative estimate of drug-likeness (QED) is 0.461. The Bertz CT molecular complexity index is 1240. The highest BCUT2D eigenvalue weighted by atomic mass is 79.9. The van der Waals surface area contributed by atoms with Gasteiger partial charge in [-0.3, -0.25) is 9.69 Å². The normalized spacial score (nSPS) is 16.1. The molecule has 196 valence electrons. The molecule has 0 fully saturated rings. The van der Waals surface area contributed by atoms with Crippen molar-refractivity contribution < 1.29 is 28.2 Å². The van der Waals surface area contributed by atoms with Crippen LogP contribution >= 0.6 is 15.9 Å². The lowest BCUT2D eigenvalue weighted by atomic mass is 9.87. The average molecular weight is 573 g/mol. The van der Waals surface area contributed by atoms with Crippen LogP contribution < -0.4 is 5.32 Å². The van der Waals surface area contributed by atoms with Gasteiger partial charge in [-0.05, 0) is 61.4 Å². The number of nitrogens with zero attached hydrogens (tertiary/aromatic N) is 1. The molecule has 0 spiro atoms. The fraction of sp³-hybridized carbons (Fsp3) is 0.321. The standard InChI is InChI=1S/C26H24BrFN2O5.C2H6/c1-3-34-25(32)21-14-30(24(31)15-5-8-17(28)9-6-15)23(26(33)35-4-2)12-19-18-10-7-16(27)11-22(18)29-13-20(19)21;1-2/h5-11,14,23,29H,3-4,12-13H2,1-2H3;1-2H3. The first-order chi connectivity index (χ1) is 17.8. The zero-order valence-electron chi connectivity index (χ0n) is 21.3. The first-order valence-corrected chi connectivity index (χ1v) is 13.0. The van der Waals surface area contributed by atoms with E-state index in [0.717, 1.165) is 21.3 Å². The third-order valence-corrected chi connectivity index (χ3v) is 6.33. The van der Waals surface area contributed by atoms with Crippen molar-refractivity contribution in [1.29, 1.82) is 0 Å². The zero-order chi connectivity index (χ0) is 27.1. The zero-order valence-corrected chi connectivity index (χ0v) is 22.9. The number of hydrogen-bond acceptors (Lipinski definition) is 6. The van der Waals surface area contributed by atoms with Crippen LogP contribution in [0.5, 0.6) is 0 Å². The van der Waals surface area contributed by atoms with Crippen molar-refractivity contribution in [3.05, 3.63) is 81.2 Å². The van der Waals surface area contributed by atoms with Crippen molar-refractivity contribution in [2.24, 2.45) is 0 Å². The van der Waals surface area contributed by atoms with Gasteiger partial charge in [0.05, 0.1) is 18.8 Å². The molecule has 2 aliphatic rings. The molecule has 2 aromatic carbocycles. The van der Waals surface area contributed by atoms with E-state index in [1.54, 1.807) is 13.8 Å². The van der Waals surface area contributed by atoms with E-state index in [-0.39, 0.29) is 30.8 Å². The predicted octanol–water partition coefficient (Wildman–Crippen LogP) is 5.72. The van der Waals surface area contributed by atoms with Crippen LogP contribution in [0, 0.1) is 5.82 Å². The van der Waals surface area contributed by atoms with Gasteiger partial charge in [0.25, 0.3) is 5.91 Å². The molecule has 0 aromatic heterocycles. The molecule has 2 aromatic rings. The Labute approximate surface area is 224 Å². The molecule has 0 radical (unpaired) electrons. The van der Waals surface area contributed by atoms with E-state index < -0.39 is 29.7 Å². The summed E-state index contributed by atoms with van der Waals surface area (Å²) in [6.45, 7) is 7.95. The van der Waals surface area contributed by atoms with E-state index >= 15 is 0 Å². The summed E-state index contributed by atoms with van der Waals surface area (Å²) in [5.41, 5.74) is 3.38. The van der Waals surface area contributed by atoms with Crippen LogP contribution in [-0.4, -0.2) is 48.5 Å². The number of anilines is 1. The smallest absolute Gasteiger partial charge is 0.339 e. The lowest BCUT2D eigenvalue weighted by molar-refractivity contribution is -0.147. The molecule has 9 heteroatoms. The molecule has 1 N–H and O–H groups in total. The van der Waals surface area contributed by atoms with Crippen molar-refractivity contribution >= 4 is 45.0 Å². The predicted molar refractivity (Wildman–Crippen MR) is 143 cm³/mol. The molecule has 1 atom stereocenters. The van der Waals surface area contributed by atoms with Gasteiger partial charge in [-0.15, -0.1) is 0 Å². The number of carbonyl (C=O) groups is 3. The number of hydrogen-bond donors (Lipinski definition) is 1. The molecule has 0 saturated carbocycles. The monoisotopic (exact) mass is 572 g/mol. The van der Waals surface area contributed by atoms with Gasteiger partial charge < -0.3 is 14.8 Å². The topological polar surface area (TPSA) is 84.9 Å². The summed E-state index contributed by atoms with van der Waals surface area (Å²) in [5, 5.41) is 3.31. The maximum absolute atomic E-state index is 13.6. The van der Waals surface area contributed by atoms with E-state index in [9.17, 15) is 18.8 Å². The number of fused-ring (bicyclic) bond motifs is 2. The Morgan fingerprint density at radius 3 is 2.35 bits per heavy atom. The Morgan fingerprint density at radius 1 is 1.03 bits per heavy atom. The van der Waals surface area contributed by atoms with Crippen LogP contribution in [0.25, 0.3) is 5.57 Å². The maximum atomic E-state index is 13.6. The molecule has 2 aliphatic heterocycles. The number of amides is 1. The molecule has 1 amide bonds. The maximum Gasteiger partial charge on any atom is 0.339 e. The molecule has 4 rings (SSSR count). The van der Waals surface area contributed by atoms with Gasteiger partial charge in [-0.25, -0.2) is 14.0 Å². The fourth-order valence-electron chi connectivity index (χ4n) is 4.23. The number of ether oxygens (including phenoxy) is 2. The molecule has 2 heterocycles. The Morgan fingerprint density at radius 2 is 1.70 bits per heavy atom. The first-order valence-electron chi connectivity index (χ1n) is 12.2. The van der Waals surface area contributed by atoms with Gasteiger partial charge in [-0.2, -0.15) is 0 Å². The summed E-state index contributed by atoms with van der Waals surface area (Å²) in [6, 6.07) is 9.65. The second-order valence-electron chi connectivity index (χ2n) is 7.96. The molecule has 0 saturated heterocycles. The number of halogens is 2. The van der Waals surface area contributed by atoms with Crippen molar-refractivity contribution in [2.75, 3.05) is 25.1 Å². The van der Waals surface area contributed by atoms with Gasteiger partial charge >= 0.3 is 11.9 Å². The molecule has 7 nitrogen and oxygen atoms in total. The van der Waals surface area contributed by atoms with Crippen LogP contribution in [0.3, 0.4) is 0 Å². The van der Waals surface area contributed by atoms with E-state index in [0.29, 0.717) is 12.1 Å². The molecule has 0 aliphatic carbocycles. The minimum absolute atomic E-state index is 0.122. The summed E-state index contributed by atoms with van der Waals surface area (Å²) in [5.74, 6) is -2.26. The average Bonchev–Trinajstić information content (AvgIpc) is 3.07. The van der Waals surface area contributed by atoms with Crippen LogP contribution in [-0.2, 0) is 19.1 Å². The second-order valence-corrected chi connectivity index (χ2v) is 8.87. The van der Waals surface area contributed by atoms with Gasteiger partial charge in [0.15, 0.2) is 0 Å². The lowest BCUT2D eigenvalue weighted by Gasteiger charge is -2.28. The van der Waals surface area contributed by atoms with E-state index in [1.165, 1.54) is 35.4 Å². The third kappa shape index (κ3) is 6.10. The fourth-order valence-corrected chi connectivity index (χ4v) is 4.59. The van der Waals surface area contributed by atoms with Crippen molar-refractivity contribution in [2.45, 2.75) is 40.2 Å². The number of carbonyl (C=O) groups excluding carboxylic acids is 3. The molecule has 0 bridgehead atoms. The highest BCUT2D eigenvalue weighted by molar-refractivity contribution is 9.10. The molecule has 1 unspecified atom stereocenters. The lowest BCUT2D eigenvalue weighted by Crippen LogP contribution is -2.42. The Balaban J connectivity index is 0.00000186. The summed E-state index contributed by atoms with van der Waals surface area (Å²) in [6.07, 6.45) is 1.48. The van der Waals surface area contributed by atoms with Gasteiger partial charge in [0.2, 0.25) is 0 Å². The van der Waals surface area contributed by atoms with Crippen molar-refractivity contribution in [1.82, 2.24) is 4.90 Å². The number of benzene rings is 2. The van der Waals surface area contributed by atoms with Crippen molar-refractivity contribution in [3.8, 4) is 0 Å².